The smallest absolute Gasteiger partial charge is 0.224 e. The molecular formula is C18H23N3O2. The minimum absolute atomic E-state index is 0.0409. The van der Waals surface area contributed by atoms with Crippen LogP contribution in [0.5, 0.6) is 0 Å². The maximum atomic E-state index is 12.5. The van der Waals surface area contributed by atoms with Crippen LogP contribution in [0.25, 0.3) is 10.9 Å². The van der Waals surface area contributed by atoms with Gasteiger partial charge in [0.15, 0.2) is 0 Å². The van der Waals surface area contributed by atoms with Gasteiger partial charge in [-0.25, -0.2) is 0 Å². The zero-order chi connectivity index (χ0) is 16.2. The van der Waals surface area contributed by atoms with Gasteiger partial charge in [-0.1, -0.05) is 18.2 Å². The number of H-pyrrole nitrogens is 1. The van der Waals surface area contributed by atoms with E-state index >= 15 is 0 Å². The maximum absolute atomic E-state index is 12.5. The summed E-state index contributed by atoms with van der Waals surface area (Å²) < 4.78 is 0. The monoisotopic (exact) mass is 313 g/mol. The number of carbonyl (C=O) groups excluding carboxylic acids is 2. The molecule has 122 valence electrons. The molecule has 23 heavy (non-hydrogen) atoms. The molecule has 5 nitrogen and oxygen atoms in total. The molecule has 1 fully saturated rings. The molecule has 1 aromatic carbocycles. The van der Waals surface area contributed by atoms with Crippen molar-refractivity contribution in [2.75, 3.05) is 20.1 Å². The highest BCUT2D eigenvalue weighted by Crippen LogP contribution is 2.21. The minimum Gasteiger partial charge on any atom is -0.361 e. The van der Waals surface area contributed by atoms with Crippen LogP contribution in [0, 0.1) is 5.92 Å². The first-order valence-electron chi connectivity index (χ1n) is 8.23. The summed E-state index contributed by atoms with van der Waals surface area (Å²) in [7, 11) is 1.65. The molecule has 1 unspecified atom stereocenters. The number of piperidine rings is 1. The van der Waals surface area contributed by atoms with Crippen LogP contribution in [0.2, 0.25) is 0 Å². The molecule has 0 radical (unpaired) electrons. The van der Waals surface area contributed by atoms with Crippen LogP contribution in [-0.2, 0) is 16.0 Å². The highest BCUT2D eigenvalue weighted by Gasteiger charge is 2.27. The second kappa shape index (κ2) is 6.86. The molecule has 1 aliphatic heterocycles. The van der Waals surface area contributed by atoms with Gasteiger partial charge in [0.05, 0.1) is 5.92 Å². The molecule has 0 spiro atoms. The van der Waals surface area contributed by atoms with Crippen molar-refractivity contribution in [1.82, 2.24) is 15.2 Å². The van der Waals surface area contributed by atoms with Gasteiger partial charge < -0.3 is 15.2 Å². The predicted molar refractivity (Wildman–Crippen MR) is 90.0 cm³/mol. The molecule has 2 amide bonds. The first-order valence-corrected chi connectivity index (χ1v) is 8.23. The fourth-order valence-corrected chi connectivity index (χ4v) is 3.36. The summed E-state index contributed by atoms with van der Waals surface area (Å²) in [6.07, 6.45) is 4.97. The van der Waals surface area contributed by atoms with Crippen molar-refractivity contribution in [3.05, 3.63) is 36.0 Å². The number of amides is 2. The number of aromatic amines is 1. The zero-order valence-electron chi connectivity index (χ0n) is 13.5. The summed E-state index contributed by atoms with van der Waals surface area (Å²) in [5.74, 6) is 0.119. The van der Waals surface area contributed by atoms with Gasteiger partial charge in [-0.3, -0.25) is 9.59 Å². The van der Waals surface area contributed by atoms with Crippen LogP contribution in [-0.4, -0.2) is 41.8 Å². The molecule has 2 aromatic rings. The number of carbonyl (C=O) groups is 2. The summed E-state index contributed by atoms with van der Waals surface area (Å²) >= 11 is 0. The van der Waals surface area contributed by atoms with Gasteiger partial charge in [-0.15, -0.1) is 0 Å². The fraction of sp³-hybridized carbons (Fsp3) is 0.444. The van der Waals surface area contributed by atoms with Gasteiger partial charge in [0.2, 0.25) is 11.8 Å². The van der Waals surface area contributed by atoms with Crippen molar-refractivity contribution in [3.8, 4) is 0 Å². The second-order valence-electron chi connectivity index (χ2n) is 6.15. The molecule has 1 aliphatic rings. The molecule has 1 aromatic heterocycles. The number of hydrogen-bond acceptors (Lipinski definition) is 2. The number of hydrogen-bond donors (Lipinski definition) is 2. The third kappa shape index (κ3) is 3.38. The number of aromatic nitrogens is 1. The van der Waals surface area contributed by atoms with Gasteiger partial charge in [0, 0.05) is 43.7 Å². The quantitative estimate of drug-likeness (QED) is 0.907. The first-order chi connectivity index (χ1) is 11.2. The van der Waals surface area contributed by atoms with Gasteiger partial charge in [-0.05, 0) is 30.9 Å². The van der Waals surface area contributed by atoms with Crippen molar-refractivity contribution in [1.29, 1.82) is 0 Å². The molecule has 0 bridgehead atoms. The van der Waals surface area contributed by atoms with E-state index in [9.17, 15) is 9.59 Å². The highest BCUT2D eigenvalue weighted by molar-refractivity contribution is 5.84. The second-order valence-corrected chi connectivity index (χ2v) is 6.15. The van der Waals surface area contributed by atoms with Crippen molar-refractivity contribution in [2.45, 2.75) is 25.7 Å². The van der Waals surface area contributed by atoms with Crippen molar-refractivity contribution in [2.24, 2.45) is 5.92 Å². The Balaban J connectivity index is 1.60. The number of likely N-dealkylation sites (tertiary alicyclic amines) is 1. The van der Waals surface area contributed by atoms with Crippen LogP contribution in [0.3, 0.4) is 0 Å². The van der Waals surface area contributed by atoms with E-state index in [0.29, 0.717) is 13.0 Å². The molecule has 5 heteroatoms. The normalized spacial score (nSPS) is 18.1. The number of rotatable bonds is 4. The summed E-state index contributed by atoms with van der Waals surface area (Å²) in [5.41, 5.74) is 2.28. The van der Waals surface area contributed by atoms with Gasteiger partial charge >= 0.3 is 0 Å². The van der Waals surface area contributed by atoms with E-state index in [1.807, 2.05) is 29.3 Å². The van der Waals surface area contributed by atoms with Crippen LogP contribution in [0.4, 0.5) is 0 Å². The molecule has 0 saturated carbocycles. The lowest BCUT2D eigenvalue weighted by molar-refractivity contribution is -0.135. The number of para-hydroxylation sites is 1. The van der Waals surface area contributed by atoms with E-state index in [0.717, 1.165) is 31.3 Å². The minimum atomic E-state index is -0.0641. The van der Waals surface area contributed by atoms with Gasteiger partial charge in [0.1, 0.15) is 0 Å². The molecule has 2 N–H and O–H groups in total. The molecule has 3 rings (SSSR count). The average Bonchev–Trinajstić information content (AvgIpc) is 3.02. The predicted octanol–water partition coefficient (Wildman–Crippen LogP) is 2.09. The standard InChI is InChI=1S/C18H23N3O2/c1-19-18(23)14-5-4-10-21(12-14)17(22)9-8-13-11-20-16-7-3-2-6-15(13)16/h2-3,6-7,11,14,20H,4-5,8-10,12H2,1H3,(H,19,23). The molecular weight excluding hydrogens is 290 g/mol. The van der Waals surface area contributed by atoms with Crippen molar-refractivity contribution in [3.63, 3.8) is 0 Å². The van der Waals surface area contributed by atoms with Crippen LogP contribution in [0.1, 0.15) is 24.8 Å². The van der Waals surface area contributed by atoms with Gasteiger partial charge in [0.25, 0.3) is 0 Å². The fourth-order valence-electron chi connectivity index (χ4n) is 3.36. The van der Waals surface area contributed by atoms with Gasteiger partial charge in [-0.2, -0.15) is 0 Å². The Hall–Kier alpha value is -2.30. The number of benzene rings is 1. The third-order valence-electron chi connectivity index (χ3n) is 4.67. The lowest BCUT2D eigenvalue weighted by Crippen LogP contribution is -2.44. The Morgan fingerprint density at radius 1 is 1.35 bits per heavy atom. The Morgan fingerprint density at radius 3 is 3.00 bits per heavy atom. The Kier molecular flexibility index (Phi) is 4.65. The Labute approximate surface area is 136 Å². The highest BCUT2D eigenvalue weighted by atomic mass is 16.2. The third-order valence-corrected chi connectivity index (χ3v) is 4.67. The summed E-state index contributed by atoms with van der Waals surface area (Å²) in [5, 5.41) is 3.87. The average molecular weight is 313 g/mol. The number of nitrogens with zero attached hydrogens (tertiary/aromatic N) is 1. The number of fused-ring (bicyclic) bond motifs is 1. The van der Waals surface area contributed by atoms with Crippen molar-refractivity contribution < 1.29 is 9.59 Å². The lowest BCUT2D eigenvalue weighted by atomic mass is 9.96. The Bertz CT molecular complexity index is 707. The van der Waals surface area contributed by atoms with Crippen LogP contribution in [0.15, 0.2) is 30.5 Å². The van der Waals surface area contributed by atoms with Crippen molar-refractivity contribution >= 4 is 22.7 Å². The lowest BCUT2D eigenvalue weighted by Gasteiger charge is -2.31. The van der Waals surface area contributed by atoms with E-state index in [-0.39, 0.29) is 17.7 Å². The topological polar surface area (TPSA) is 65.2 Å². The molecule has 0 aliphatic carbocycles. The van der Waals surface area contributed by atoms with Crippen LogP contribution < -0.4 is 5.32 Å². The Morgan fingerprint density at radius 2 is 2.17 bits per heavy atom. The number of aryl methyl sites for hydroxylation is 1. The summed E-state index contributed by atoms with van der Waals surface area (Å²) in [4.78, 5) is 29.3. The SMILES string of the molecule is CNC(=O)C1CCCN(C(=O)CCc2c[nH]c3ccccc23)C1. The largest absolute Gasteiger partial charge is 0.361 e. The maximum Gasteiger partial charge on any atom is 0.224 e. The summed E-state index contributed by atoms with van der Waals surface area (Å²) in [6, 6.07) is 8.13. The van der Waals surface area contributed by atoms with E-state index < -0.39 is 0 Å². The van der Waals surface area contributed by atoms with E-state index in [4.69, 9.17) is 0 Å². The molecule has 1 atom stereocenters. The molecule has 1 saturated heterocycles. The number of nitrogens with one attached hydrogen (secondary N) is 2. The molecule has 2 heterocycles. The van der Waals surface area contributed by atoms with E-state index in [1.165, 1.54) is 10.9 Å². The van der Waals surface area contributed by atoms with Crippen LogP contribution >= 0.6 is 0 Å². The van der Waals surface area contributed by atoms with E-state index in [2.05, 4.69) is 16.4 Å². The summed E-state index contributed by atoms with van der Waals surface area (Å²) in [6.45, 7) is 1.31. The van der Waals surface area contributed by atoms with E-state index in [1.54, 1.807) is 7.05 Å². The zero-order valence-corrected chi connectivity index (χ0v) is 13.5. The first kappa shape index (κ1) is 15.6.